The molecular formula is C21H31N3O5S. The maximum atomic E-state index is 13.4. The van der Waals surface area contributed by atoms with Crippen LogP contribution in [0, 0.1) is 12.8 Å². The van der Waals surface area contributed by atoms with Gasteiger partial charge in [0.2, 0.25) is 15.9 Å². The topological polar surface area (TPSA) is 105 Å². The van der Waals surface area contributed by atoms with E-state index in [1.165, 1.54) is 10.4 Å². The van der Waals surface area contributed by atoms with Crippen molar-refractivity contribution in [3.63, 3.8) is 0 Å². The molecule has 9 heteroatoms. The number of hydrogen-bond acceptors (Lipinski definition) is 5. The average molecular weight is 438 g/mol. The molecule has 30 heavy (non-hydrogen) atoms. The lowest BCUT2D eigenvalue weighted by atomic mass is 9.98. The molecule has 0 aromatic heterocycles. The van der Waals surface area contributed by atoms with E-state index in [0.29, 0.717) is 42.8 Å². The highest BCUT2D eigenvalue weighted by Gasteiger charge is 2.36. The molecule has 1 aromatic carbocycles. The minimum Gasteiger partial charge on any atom is -0.478 e. The predicted octanol–water partition coefficient (Wildman–Crippen LogP) is 2.42. The zero-order valence-electron chi connectivity index (χ0n) is 18.0. The number of hydrogen-bond donors (Lipinski definition) is 2. The van der Waals surface area contributed by atoms with E-state index in [9.17, 15) is 18.0 Å². The van der Waals surface area contributed by atoms with Crippen LogP contribution in [-0.4, -0.2) is 49.8 Å². The molecule has 0 aliphatic carbocycles. The Morgan fingerprint density at radius 1 is 1.37 bits per heavy atom. The maximum Gasteiger partial charge on any atom is 0.265 e. The average Bonchev–Trinajstić information content (AvgIpc) is 2.72. The van der Waals surface area contributed by atoms with Crippen LogP contribution in [-0.2, 0) is 19.6 Å². The van der Waals surface area contributed by atoms with Gasteiger partial charge in [0.1, 0.15) is 5.75 Å². The van der Waals surface area contributed by atoms with E-state index in [0.717, 1.165) is 6.42 Å². The molecule has 0 unspecified atom stereocenters. The van der Waals surface area contributed by atoms with Crippen LogP contribution in [0.15, 0.2) is 17.0 Å². The number of rotatable bonds is 6. The largest absolute Gasteiger partial charge is 0.478 e. The number of nitrogens with zero attached hydrogens (tertiary/aromatic N) is 1. The number of fused-ring (bicyclic) bond motifs is 1. The van der Waals surface area contributed by atoms with Crippen LogP contribution in [0.4, 0.5) is 5.69 Å². The molecule has 8 nitrogen and oxygen atoms in total. The van der Waals surface area contributed by atoms with Crippen molar-refractivity contribution in [1.82, 2.24) is 9.62 Å². The summed E-state index contributed by atoms with van der Waals surface area (Å²) >= 11 is 0. The van der Waals surface area contributed by atoms with Gasteiger partial charge >= 0.3 is 0 Å². The quantitative estimate of drug-likeness (QED) is 0.711. The van der Waals surface area contributed by atoms with Crippen LogP contribution in [0.3, 0.4) is 0 Å². The van der Waals surface area contributed by atoms with E-state index >= 15 is 0 Å². The first-order valence-electron chi connectivity index (χ1n) is 10.6. The Morgan fingerprint density at radius 2 is 2.10 bits per heavy atom. The van der Waals surface area contributed by atoms with Gasteiger partial charge in [-0.3, -0.25) is 9.59 Å². The third-order valence-corrected chi connectivity index (χ3v) is 7.85. The fraction of sp³-hybridized carbons (Fsp3) is 0.619. The van der Waals surface area contributed by atoms with Gasteiger partial charge < -0.3 is 15.4 Å². The predicted molar refractivity (Wildman–Crippen MR) is 114 cm³/mol. The summed E-state index contributed by atoms with van der Waals surface area (Å²) in [5, 5.41) is 5.74. The normalized spacial score (nSPS) is 23.1. The van der Waals surface area contributed by atoms with Crippen molar-refractivity contribution in [3.05, 3.63) is 17.7 Å². The first-order valence-corrected chi connectivity index (χ1v) is 12.0. The molecule has 3 atom stereocenters. The molecule has 2 amide bonds. The Labute approximate surface area is 178 Å². The van der Waals surface area contributed by atoms with Crippen LogP contribution in [0.1, 0.15) is 52.0 Å². The van der Waals surface area contributed by atoms with Gasteiger partial charge in [-0.15, -0.1) is 0 Å². The first-order chi connectivity index (χ1) is 14.2. The fourth-order valence-electron chi connectivity index (χ4n) is 3.81. The van der Waals surface area contributed by atoms with Gasteiger partial charge in [-0.25, -0.2) is 8.42 Å². The van der Waals surface area contributed by atoms with Gasteiger partial charge in [0.25, 0.3) is 5.91 Å². The zero-order valence-corrected chi connectivity index (χ0v) is 18.8. The Kier molecular flexibility index (Phi) is 6.71. The van der Waals surface area contributed by atoms with Crippen LogP contribution in [0.25, 0.3) is 0 Å². The summed E-state index contributed by atoms with van der Waals surface area (Å²) in [5.74, 6) is -0.330. The molecular weight excluding hydrogens is 406 g/mol. The van der Waals surface area contributed by atoms with Crippen LogP contribution in [0.5, 0.6) is 5.75 Å². The number of nitrogens with one attached hydrogen (secondary N) is 2. The number of amides is 2. The molecule has 3 rings (SSSR count). The third-order valence-electron chi connectivity index (χ3n) is 5.84. The molecule has 0 saturated carbocycles. The molecule has 0 radical (unpaired) electrons. The maximum absolute atomic E-state index is 13.4. The number of benzene rings is 1. The van der Waals surface area contributed by atoms with Crippen molar-refractivity contribution in [2.75, 3.05) is 18.4 Å². The van der Waals surface area contributed by atoms with E-state index < -0.39 is 16.1 Å². The van der Waals surface area contributed by atoms with E-state index in [-0.39, 0.29) is 35.2 Å². The van der Waals surface area contributed by atoms with E-state index in [1.807, 2.05) is 20.8 Å². The van der Waals surface area contributed by atoms with E-state index in [2.05, 4.69) is 10.6 Å². The molecule has 2 heterocycles. The Balaban J connectivity index is 1.85. The van der Waals surface area contributed by atoms with Gasteiger partial charge in [-0.1, -0.05) is 13.8 Å². The number of carbonyl (C=O) groups excluding carboxylic acids is 2. The van der Waals surface area contributed by atoms with Crippen LogP contribution < -0.4 is 15.4 Å². The summed E-state index contributed by atoms with van der Waals surface area (Å²) in [7, 11) is -3.80. The van der Waals surface area contributed by atoms with Crippen molar-refractivity contribution in [2.45, 2.75) is 70.4 Å². The lowest BCUT2D eigenvalue weighted by molar-refractivity contribution is -0.126. The van der Waals surface area contributed by atoms with Gasteiger partial charge in [0.15, 0.2) is 6.10 Å². The minimum absolute atomic E-state index is 0.0613. The van der Waals surface area contributed by atoms with E-state index in [1.54, 1.807) is 13.0 Å². The van der Waals surface area contributed by atoms with Gasteiger partial charge in [-0.2, -0.15) is 4.31 Å². The molecule has 166 valence electrons. The lowest BCUT2D eigenvalue weighted by Gasteiger charge is -2.32. The molecule has 0 bridgehead atoms. The highest BCUT2D eigenvalue weighted by atomic mass is 32.2. The summed E-state index contributed by atoms with van der Waals surface area (Å²) in [5.41, 5.74) is 1.00. The van der Waals surface area contributed by atoms with Gasteiger partial charge in [-0.05, 0) is 51.2 Å². The minimum atomic E-state index is -3.80. The number of carbonyl (C=O) groups is 2. The molecule has 2 N–H and O–H groups in total. The zero-order chi connectivity index (χ0) is 22.1. The standard InChI is InChI=1S/C21H31N3O5S/c1-5-14(4)22-20(25)15-8-7-9-24(12-15)30(27,28)19-11-18-16(10-13(19)3)23-21(26)17(6-2)29-18/h10-11,14-15,17H,5-9,12H2,1-4H3,(H,22,25)(H,23,26)/t14-,15+,17-/m0/s1. The first kappa shape index (κ1) is 22.6. The van der Waals surface area contributed by atoms with Gasteiger partial charge in [0.05, 0.1) is 16.5 Å². The van der Waals surface area contributed by atoms with Crippen molar-refractivity contribution < 1.29 is 22.7 Å². The smallest absolute Gasteiger partial charge is 0.265 e. The number of aryl methyl sites for hydroxylation is 1. The second-order valence-corrected chi connectivity index (χ2v) is 10.0. The second kappa shape index (κ2) is 8.93. The van der Waals surface area contributed by atoms with Crippen molar-refractivity contribution in [3.8, 4) is 5.75 Å². The van der Waals surface area contributed by atoms with E-state index in [4.69, 9.17) is 4.74 Å². The van der Waals surface area contributed by atoms with Crippen molar-refractivity contribution in [2.24, 2.45) is 5.92 Å². The summed E-state index contributed by atoms with van der Waals surface area (Å²) in [6.45, 7) is 8.00. The van der Waals surface area contributed by atoms with Gasteiger partial charge in [0, 0.05) is 25.2 Å². The Bertz CT molecular complexity index is 931. The molecule has 0 spiro atoms. The van der Waals surface area contributed by atoms with Crippen molar-refractivity contribution in [1.29, 1.82) is 0 Å². The molecule has 1 fully saturated rings. The van der Waals surface area contributed by atoms with Crippen LogP contribution >= 0.6 is 0 Å². The Hall–Kier alpha value is -2.13. The monoisotopic (exact) mass is 437 g/mol. The van der Waals surface area contributed by atoms with Crippen molar-refractivity contribution >= 4 is 27.5 Å². The number of ether oxygens (including phenoxy) is 1. The fourth-order valence-corrected chi connectivity index (χ4v) is 5.55. The number of piperidine rings is 1. The Morgan fingerprint density at radius 3 is 2.77 bits per heavy atom. The SMILES string of the molecule is CC[C@@H]1Oc2cc(S(=O)(=O)N3CCC[C@@H](C(=O)N[C@@H](C)CC)C3)c(C)cc2NC1=O. The summed E-state index contributed by atoms with van der Waals surface area (Å²) in [6, 6.07) is 3.18. The summed E-state index contributed by atoms with van der Waals surface area (Å²) in [6.07, 6.45) is 1.97. The molecule has 1 aromatic rings. The summed E-state index contributed by atoms with van der Waals surface area (Å²) in [4.78, 5) is 24.7. The highest BCUT2D eigenvalue weighted by molar-refractivity contribution is 7.89. The highest BCUT2D eigenvalue weighted by Crippen LogP contribution is 2.36. The third kappa shape index (κ3) is 4.46. The number of sulfonamides is 1. The second-order valence-electron chi connectivity index (χ2n) is 8.14. The molecule has 1 saturated heterocycles. The van der Waals surface area contributed by atoms with Crippen LogP contribution in [0.2, 0.25) is 0 Å². The molecule has 2 aliphatic heterocycles. The summed E-state index contributed by atoms with van der Waals surface area (Å²) < 4.78 is 33.9. The molecule has 2 aliphatic rings. The number of anilines is 1. The lowest BCUT2D eigenvalue weighted by Crippen LogP contribution is -2.47.